The summed E-state index contributed by atoms with van der Waals surface area (Å²) in [6, 6.07) is 14.9. The number of nitrogens with one attached hydrogen (secondary N) is 1. The lowest BCUT2D eigenvalue weighted by Gasteiger charge is -2.25. The van der Waals surface area contributed by atoms with Gasteiger partial charge in [-0.1, -0.05) is 42.8 Å². The number of halogens is 3. The van der Waals surface area contributed by atoms with Crippen LogP contribution in [0.5, 0.6) is 5.75 Å². The Labute approximate surface area is 235 Å². The van der Waals surface area contributed by atoms with Crippen molar-refractivity contribution in [3.05, 3.63) is 78.0 Å². The number of aromatic nitrogens is 1. The maximum atomic E-state index is 13.3. The normalized spacial score (nSPS) is 17.2. The van der Waals surface area contributed by atoms with Gasteiger partial charge in [-0.2, -0.15) is 0 Å². The topological polar surface area (TPSA) is 132 Å². The van der Waals surface area contributed by atoms with Crippen molar-refractivity contribution < 1.29 is 35.9 Å². The largest absolute Gasteiger partial charge is 0.573 e. The van der Waals surface area contributed by atoms with Crippen molar-refractivity contribution in [2.75, 3.05) is 7.05 Å². The van der Waals surface area contributed by atoms with Crippen molar-refractivity contribution in [2.24, 2.45) is 17.0 Å². The highest BCUT2D eigenvalue weighted by atomic mass is 32.2. The lowest BCUT2D eigenvalue weighted by Crippen LogP contribution is -2.40. The molecule has 0 saturated heterocycles. The average molecular weight is 591 g/mol. The van der Waals surface area contributed by atoms with Crippen LogP contribution in [0, 0.1) is 11.8 Å². The van der Waals surface area contributed by atoms with Gasteiger partial charge in [0.25, 0.3) is 0 Å². The molecule has 4 rings (SSSR count). The molecule has 1 aromatic heterocycles. The zero-order valence-electron chi connectivity index (χ0n) is 22.1. The van der Waals surface area contributed by atoms with Crippen LogP contribution in [-0.4, -0.2) is 43.5 Å². The molecule has 1 saturated carbocycles. The number of pyridine rings is 1. The molecule has 41 heavy (non-hydrogen) atoms. The summed E-state index contributed by atoms with van der Waals surface area (Å²) in [6.45, 7) is 0.338. The number of alkyl halides is 3. The Balaban J connectivity index is 1.34. The van der Waals surface area contributed by atoms with Gasteiger partial charge in [-0.15, -0.1) is 13.2 Å². The smallest absolute Gasteiger partial charge is 0.406 e. The average Bonchev–Trinajstić information content (AvgIpc) is 3.41. The maximum Gasteiger partial charge on any atom is 0.573 e. The summed E-state index contributed by atoms with van der Waals surface area (Å²) in [6.07, 6.45) is -1.40. The SMILES string of the molecule is CN(Cc1ccc(-c2ccccc2S(N)(=O)=O)nc1)C(=O)C1CCCC1C(=O)NCc1ccc(OC(F)(F)F)cc1. The second kappa shape index (κ2) is 12.3. The Morgan fingerprint density at radius 3 is 2.32 bits per heavy atom. The number of rotatable bonds is 9. The Bertz CT molecular complexity index is 1500. The molecule has 2 atom stereocenters. The van der Waals surface area contributed by atoms with Crippen LogP contribution >= 0.6 is 0 Å². The highest BCUT2D eigenvalue weighted by molar-refractivity contribution is 7.89. The third kappa shape index (κ3) is 7.82. The lowest BCUT2D eigenvalue weighted by atomic mass is 9.93. The van der Waals surface area contributed by atoms with E-state index in [1.807, 2.05) is 0 Å². The van der Waals surface area contributed by atoms with Gasteiger partial charge in [0.15, 0.2) is 0 Å². The number of hydrogen-bond donors (Lipinski definition) is 2. The molecule has 2 amide bonds. The first-order valence-electron chi connectivity index (χ1n) is 12.8. The van der Waals surface area contributed by atoms with E-state index in [-0.39, 0.29) is 35.5 Å². The summed E-state index contributed by atoms with van der Waals surface area (Å²) in [5.74, 6) is -1.84. The Morgan fingerprint density at radius 2 is 1.68 bits per heavy atom. The molecule has 1 heterocycles. The molecule has 0 spiro atoms. The van der Waals surface area contributed by atoms with E-state index in [2.05, 4.69) is 15.0 Å². The van der Waals surface area contributed by atoms with Gasteiger partial charge in [0.05, 0.1) is 10.6 Å². The molecule has 2 aromatic carbocycles. The molecule has 3 aromatic rings. The second-order valence-corrected chi connectivity index (χ2v) is 11.4. The van der Waals surface area contributed by atoms with Crippen LogP contribution in [0.4, 0.5) is 13.2 Å². The number of amides is 2. The summed E-state index contributed by atoms with van der Waals surface area (Å²) in [5, 5.41) is 8.11. The number of sulfonamides is 1. The molecule has 9 nitrogen and oxygen atoms in total. The fourth-order valence-electron chi connectivity index (χ4n) is 4.94. The zero-order chi connectivity index (χ0) is 29.8. The molecule has 0 bridgehead atoms. The van der Waals surface area contributed by atoms with Crippen LogP contribution in [0.25, 0.3) is 11.3 Å². The van der Waals surface area contributed by atoms with Crippen LogP contribution in [0.3, 0.4) is 0 Å². The number of nitrogens with zero attached hydrogens (tertiary/aromatic N) is 2. The molecule has 3 N–H and O–H groups in total. The number of hydrogen-bond acceptors (Lipinski definition) is 6. The highest BCUT2D eigenvalue weighted by Crippen LogP contribution is 2.34. The van der Waals surface area contributed by atoms with E-state index in [0.29, 0.717) is 36.1 Å². The van der Waals surface area contributed by atoms with Crippen molar-refractivity contribution in [2.45, 2.75) is 43.6 Å². The molecule has 1 aliphatic rings. The fraction of sp³-hybridized carbons (Fsp3) is 0.321. The standard InChI is InChI=1S/C28H29F3N4O5S/c1-35(17-19-11-14-24(33-16-19)23-5-2-3-8-25(23)41(32,38)39)27(37)22-7-4-6-21(22)26(36)34-15-18-9-12-20(13-10-18)40-28(29,30)31/h2-3,5,8-14,16,21-22H,4,6-7,15,17H2,1H3,(H,34,36)(H2,32,38,39). The molecule has 13 heteroatoms. The Hall–Kier alpha value is -3.97. The molecular formula is C28H29F3N4O5S. The van der Waals surface area contributed by atoms with Crippen molar-refractivity contribution in [1.29, 1.82) is 0 Å². The van der Waals surface area contributed by atoms with Crippen LogP contribution in [0.2, 0.25) is 0 Å². The number of ether oxygens (including phenoxy) is 1. The molecule has 1 fully saturated rings. The number of carbonyl (C=O) groups excluding carboxylic acids is 2. The Kier molecular flexibility index (Phi) is 8.98. The lowest BCUT2D eigenvalue weighted by molar-refractivity contribution is -0.274. The van der Waals surface area contributed by atoms with E-state index in [0.717, 1.165) is 5.56 Å². The van der Waals surface area contributed by atoms with E-state index in [4.69, 9.17) is 5.14 Å². The molecule has 0 radical (unpaired) electrons. The van der Waals surface area contributed by atoms with Gasteiger partial charge in [0, 0.05) is 43.7 Å². The molecule has 218 valence electrons. The highest BCUT2D eigenvalue weighted by Gasteiger charge is 2.39. The van der Waals surface area contributed by atoms with E-state index in [9.17, 15) is 31.2 Å². The van der Waals surface area contributed by atoms with Gasteiger partial charge in [-0.05, 0) is 48.2 Å². The fourth-order valence-corrected chi connectivity index (χ4v) is 5.68. The Morgan fingerprint density at radius 1 is 1.02 bits per heavy atom. The first kappa shape index (κ1) is 30.0. The number of benzene rings is 2. The summed E-state index contributed by atoms with van der Waals surface area (Å²) in [4.78, 5) is 32.1. The third-order valence-corrected chi connectivity index (χ3v) is 7.85. The zero-order valence-corrected chi connectivity index (χ0v) is 22.9. The molecule has 2 unspecified atom stereocenters. The van der Waals surface area contributed by atoms with Gasteiger partial charge < -0.3 is 15.0 Å². The van der Waals surface area contributed by atoms with E-state index in [1.54, 1.807) is 43.6 Å². The van der Waals surface area contributed by atoms with Gasteiger partial charge in [-0.3, -0.25) is 14.6 Å². The minimum absolute atomic E-state index is 0.0365. The summed E-state index contributed by atoms with van der Waals surface area (Å²) in [5.41, 5.74) is 2.10. The predicted octanol–water partition coefficient (Wildman–Crippen LogP) is 3.99. The van der Waals surface area contributed by atoms with Gasteiger partial charge in [0.2, 0.25) is 21.8 Å². The van der Waals surface area contributed by atoms with Gasteiger partial charge >= 0.3 is 6.36 Å². The van der Waals surface area contributed by atoms with Crippen LogP contribution in [-0.2, 0) is 32.7 Å². The maximum absolute atomic E-state index is 13.3. The van der Waals surface area contributed by atoms with Crippen molar-refractivity contribution >= 4 is 21.8 Å². The van der Waals surface area contributed by atoms with Crippen LogP contribution in [0.15, 0.2) is 71.8 Å². The van der Waals surface area contributed by atoms with Gasteiger partial charge in [-0.25, -0.2) is 13.6 Å². The number of carbonyl (C=O) groups is 2. The van der Waals surface area contributed by atoms with Crippen molar-refractivity contribution in [1.82, 2.24) is 15.2 Å². The van der Waals surface area contributed by atoms with Crippen molar-refractivity contribution in [3.63, 3.8) is 0 Å². The van der Waals surface area contributed by atoms with E-state index < -0.39 is 28.2 Å². The quantitative estimate of drug-likeness (QED) is 0.388. The summed E-state index contributed by atoms with van der Waals surface area (Å²) < 4.78 is 64.7. The number of primary sulfonamides is 1. The van der Waals surface area contributed by atoms with E-state index >= 15 is 0 Å². The number of nitrogens with two attached hydrogens (primary N) is 1. The minimum Gasteiger partial charge on any atom is -0.406 e. The summed E-state index contributed by atoms with van der Waals surface area (Å²) in [7, 11) is -2.30. The van der Waals surface area contributed by atoms with Gasteiger partial charge in [0.1, 0.15) is 5.75 Å². The second-order valence-electron chi connectivity index (χ2n) is 9.84. The van der Waals surface area contributed by atoms with Crippen LogP contribution in [0.1, 0.15) is 30.4 Å². The first-order chi connectivity index (χ1) is 19.3. The molecule has 0 aliphatic heterocycles. The monoisotopic (exact) mass is 590 g/mol. The third-order valence-electron chi connectivity index (χ3n) is 6.88. The van der Waals surface area contributed by atoms with Crippen molar-refractivity contribution in [3.8, 4) is 17.0 Å². The summed E-state index contributed by atoms with van der Waals surface area (Å²) >= 11 is 0. The predicted molar refractivity (Wildman–Crippen MR) is 143 cm³/mol. The van der Waals surface area contributed by atoms with Crippen LogP contribution < -0.4 is 15.2 Å². The first-order valence-corrected chi connectivity index (χ1v) is 14.3. The van der Waals surface area contributed by atoms with E-state index in [1.165, 1.54) is 35.2 Å². The molecular weight excluding hydrogens is 561 g/mol. The molecule has 1 aliphatic carbocycles. The minimum atomic E-state index is -4.78.